The number of benzene rings is 2. The number of carbonyl (C=O) groups is 3. The van der Waals surface area contributed by atoms with E-state index in [1.165, 1.54) is 38.2 Å². The highest BCUT2D eigenvalue weighted by Gasteiger charge is 2.23. The van der Waals surface area contributed by atoms with Crippen molar-refractivity contribution in [3.8, 4) is 0 Å². The first-order valence-electron chi connectivity index (χ1n) is 8.84. The molecule has 0 saturated heterocycles. The van der Waals surface area contributed by atoms with Gasteiger partial charge in [0.05, 0.1) is 11.4 Å². The molecule has 154 valence electrons. The van der Waals surface area contributed by atoms with E-state index in [0.717, 1.165) is 9.87 Å². The van der Waals surface area contributed by atoms with Crippen LogP contribution in [0, 0.1) is 0 Å². The summed E-state index contributed by atoms with van der Waals surface area (Å²) < 4.78 is 26.1. The number of hydrogen-bond donors (Lipinski definition) is 2. The number of hydrogen-bond acceptors (Lipinski definition) is 5. The highest BCUT2D eigenvalue weighted by atomic mass is 32.2. The van der Waals surface area contributed by atoms with E-state index in [4.69, 9.17) is 5.73 Å². The molecule has 29 heavy (non-hydrogen) atoms. The molecule has 9 heteroatoms. The van der Waals surface area contributed by atoms with Crippen molar-refractivity contribution in [3.05, 3.63) is 65.2 Å². The first kappa shape index (κ1) is 22.3. The highest BCUT2D eigenvalue weighted by Crippen LogP contribution is 2.15. The second-order valence-corrected chi connectivity index (χ2v) is 8.55. The number of likely N-dealkylation sites (N-methyl/N-ethyl adjacent to an activating group) is 1. The van der Waals surface area contributed by atoms with Crippen LogP contribution < -0.4 is 11.1 Å². The quantitative estimate of drug-likeness (QED) is 0.588. The van der Waals surface area contributed by atoms with Gasteiger partial charge in [-0.1, -0.05) is 24.3 Å². The molecular formula is C20H23N3O5S. The lowest BCUT2D eigenvalue weighted by Crippen LogP contribution is -2.39. The van der Waals surface area contributed by atoms with Crippen LogP contribution in [-0.2, 0) is 21.2 Å². The van der Waals surface area contributed by atoms with E-state index >= 15 is 0 Å². The molecule has 0 heterocycles. The Labute approximate surface area is 169 Å². The van der Waals surface area contributed by atoms with E-state index in [1.54, 1.807) is 24.3 Å². The fourth-order valence-corrected chi connectivity index (χ4v) is 3.74. The van der Waals surface area contributed by atoms with E-state index in [0.29, 0.717) is 17.5 Å². The van der Waals surface area contributed by atoms with Crippen molar-refractivity contribution in [1.29, 1.82) is 0 Å². The van der Waals surface area contributed by atoms with Gasteiger partial charge in [-0.3, -0.25) is 14.4 Å². The largest absolute Gasteiger partial charge is 0.366 e. The number of rotatable bonds is 9. The molecule has 2 aromatic carbocycles. The van der Waals surface area contributed by atoms with Crippen LogP contribution >= 0.6 is 0 Å². The number of nitrogens with one attached hydrogen (secondary N) is 1. The minimum absolute atomic E-state index is 0.000988. The Morgan fingerprint density at radius 1 is 1.03 bits per heavy atom. The second kappa shape index (κ2) is 9.44. The Kier molecular flexibility index (Phi) is 7.24. The molecular weight excluding hydrogens is 394 g/mol. The molecule has 0 aromatic heterocycles. The van der Waals surface area contributed by atoms with Crippen molar-refractivity contribution < 1.29 is 22.8 Å². The van der Waals surface area contributed by atoms with Gasteiger partial charge in [0, 0.05) is 24.7 Å². The number of carbonyl (C=O) groups excluding carboxylic acids is 3. The molecule has 0 saturated carbocycles. The Hall–Kier alpha value is -3.04. The van der Waals surface area contributed by atoms with Crippen LogP contribution in [0.1, 0.15) is 33.2 Å². The van der Waals surface area contributed by atoms with Crippen LogP contribution in [0.4, 0.5) is 0 Å². The molecule has 0 aliphatic heterocycles. The number of primary amides is 1. The van der Waals surface area contributed by atoms with Crippen LogP contribution in [0.3, 0.4) is 0 Å². The van der Waals surface area contributed by atoms with E-state index in [9.17, 15) is 22.8 Å². The number of nitrogens with two attached hydrogens (primary N) is 1. The van der Waals surface area contributed by atoms with Gasteiger partial charge < -0.3 is 11.1 Å². The fraction of sp³-hybridized carbons (Fsp3) is 0.250. The monoisotopic (exact) mass is 417 g/mol. The summed E-state index contributed by atoms with van der Waals surface area (Å²) in [4.78, 5) is 34.6. The van der Waals surface area contributed by atoms with Gasteiger partial charge in [0.2, 0.25) is 21.8 Å². The number of nitrogens with zero attached hydrogens (tertiary/aromatic N) is 1. The third-order valence-electron chi connectivity index (χ3n) is 4.28. The molecule has 0 aliphatic carbocycles. The average Bonchev–Trinajstić information content (AvgIpc) is 2.68. The van der Waals surface area contributed by atoms with E-state index in [1.807, 2.05) is 0 Å². The van der Waals surface area contributed by atoms with Crippen LogP contribution in [0.5, 0.6) is 0 Å². The van der Waals surface area contributed by atoms with Gasteiger partial charge in [0.15, 0.2) is 5.78 Å². The van der Waals surface area contributed by atoms with Crippen molar-refractivity contribution in [1.82, 2.24) is 9.62 Å². The molecule has 8 nitrogen and oxygen atoms in total. The molecule has 0 spiro atoms. The maximum atomic E-state index is 12.6. The zero-order valence-electron chi connectivity index (χ0n) is 16.2. The van der Waals surface area contributed by atoms with Gasteiger partial charge in [0.25, 0.3) is 0 Å². The highest BCUT2D eigenvalue weighted by molar-refractivity contribution is 7.89. The summed E-state index contributed by atoms with van der Waals surface area (Å²) in [5.74, 6) is -1.15. The summed E-state index contributed by atoms with van der Waals surface area (Å²) in [6.07, 6.45) is 0.468. The summed E-state index contributed by atoms with van der Waals surface area (Å²) in [6, 6.07) is 12.3. The van der Waals surface area contributed by atoms with Crippen molar-refractivity contribution in [3.63, 3.8) is 0 Å². The predicted octanol–water partition coefficient (Wildman–Crippen LogP) is 0.968. The molecule has 0 radical (unpaired) electrons. The molecule has 2 aromatic rings. The third-order valence-corrected chi connectivity index (χ3v) is 6.10. The number of sulfonamides is 1. The lowest BCUT2D eigenvalue weighted by atomic mass is 10.1. The fourth-order valence-electron chi connectivity index (χ4n) is 2.61. The van der Waals surface area contributed by atoms with E-state index in [-0.39, 0.29) is 23.8 Å². The molecule has 3 N–H and O–H groups in total. The molecule has 0 bridgehead atoms. The Morgan fingerprint density at radius 2 is 1.69 bits per heavy atom. The predicted molar refractivity (Wildman–Crippen MR) is 108 cm³/mol. The Morgan fingerprint density at radius 3 is 2.28 bits per heavy atom. The summed E-state index contributed by atoms with van der Waals surface area (Å²) in [5, 5.41) is 2.65. The number of Topliss-reactive ketones (excluding diaryl/α,β-unsaturated/α-hetero) is 1. The normalized spacial score (nSPS) is 11.3. The maximum absolute atomic E-state index is 12.6. The topological polar surface area (TPSA) is 127 Å². The zero-order chi connectivity index (χ0) is 21.6. The van der Waals surface area contributed by atoms with Gasteiger partial charge in [-0.25, -0.2) is 8.42 Å². The lowest BCUT2D eigenvalue weighted by Gasteiger charge is -2.17. The van der Waals surface area contributed by atoms with Gasteiger partial charge >= 0.3 is 0 Å². The first-order chi connectivity index (χ1) is 13.6. The summed E-state index contributed by atoms with van der Waals surface area (Å²) in [7, 11) is -2.55. The van der Waals surface area contributed by atoms with Crippen molar-refractivity contribution in [2.75, 3.05) is 20.1 Å². The zero-order valence-corrected chi connectivity index (χ0v) is 17.0. The van der Waals surface area contributed by atoms with Crippen LogP contribution in [0.25, 0.3) is 0 Å². The Bertz CT molecular complexity index is 1020. The second-order valence-electron chi connectivity index (χ2n) is 6.51. The molecule has 0 aliphatic rings. The van der Waals surface area contributed by atoms with E-state index < -0.39 is 21.8 Å². The van der Waals surface area contributed by atoms with Gasteiger partial charge in [-0.15, -0.1) is 0 Å². The average molecular weight is 417 g/mol. The molecule has 2 rings (SSSR count). The van der Waals surface area contributed by atoms with Gasteiger partial charge in [-0.05, 0) is 43.2 Å². The summed E-state index contributed by atoms with van der Waals surface area (Å²) in [6.45, 7) is 1.32. The van der Waals surface area contributed by atoms with Gasteiger partial charge in [-0.2, -0.15) is 4.31 Å². The van der Waals surface area contributed by atoms with E-state index in [2.05, 4.69) is 5.32 Å². The SMILES string of the molecule is CC(=O)c1ccc(S(=O)(=O)N(C)CC(=O)NCCc2cccc(C(N)=O)c2)cc1. The minimum atomic E-state index is -3.86. The Balaban J connectivity index is 1.91. The minimum Gasteiger partial charge on any atom is -0.366 e. The van der Waals surface area contributed by atoms with Crippen LogP contribution in [-0.4, -0.2) is 50.5 Å². The molecule has 0 atom stereocenters. The molecule has 0 unspecified atom stereocenters. The van der Waals surface area contributed by atoms with Crippen molar-refractivity contribution >= 4 is 27.6 Å². The first-order valence-corrected chi connectivity index (χ1v) is 10.3. The van der Waals surface area contributed by atoms with Gasteiger partial charge in [0.1, 0.15) is 0 Å². The third kappa shape index (κ3) is 5.97. The number of ketones is 1. The van der Waals surface area contributed by atoms with Crippen molar-refractivity contribution in [2.24, 2.45) is 5.73 Å². The van der Waals surface area contributed by atoms with Crippen LogP contribution in [0.2, 0.25) is 0 Å². The smallest absolute Gasteiger partial charge is 0.248 e. The summed E-state index contributed by atoms with van der Waals surface area (Å²) in [5.41, 5.74) is 6.86. The molecule has 0 fully saturated rings. The summed E-state index contributed by atoms with van der Waals surface area (Å²) >= 11 is 0. The van der Waals surface area contributed by atoms with Crippen molar-refractivity contribution in [2.45, 2.75) is 18.2 Å². The number of amides is 2. The molecule has 2 amide bonds. The van der Waals surface area contributed by atoms with Crippen LogP contribution in [0.15, 0.2) is 53.4 Å². The standard InChI is InChI=1S/C20H23N3O5S/c1-14(24)16-6-8-18(9-7-16)29(27,28)23(2)13-19(25)22-11-10-15-4-3-5-17(12-15)20(21)26/h3-9,12H,10-11,13H2,1-2H3,(H2,21,26)(H,22,25). The maximum Gasteiger partial charge on any atom is 0.248 e. The lowest BCUT2D eigenvalue weighted by molar-refractivity contribution is -0.121.